The molecule has 5 nitrogen and oxygen atoms in total. The van der Waals surface area contributed by atoms with Crippen molar-refractivity contribution in [3.8, 4) is 5.75 Å². The highest BCUT2D eigenvalue weighted by molar-refractivity contribution is 5.94. The third kappa shape index (κ3) is 3.17. The molecule has 0 bridgehead atoms. The average Bonchev–Trinajstić information content (AvgIpc) is 2.29. The molecule has 1 amide bonds. The number of amides is 1. The van der Waals surface area contributed by atoms with Gasteiger partial charge in [-0.05, 0) is 25.8 Å². The van der Waals surface area contributed by atoms with E-state index in [1.54, 1.807) is 0 Å². The lowest BCUT2D eigenvalue weighted by molar-refractivity contribution is 0.0136. The van der Waals surface area contributed by atoms with Crippen LogP contribution in [0.2, 0.25) is 0 Å². The van der Waals surface area contributed by atoms with Crippen molar-refractivity contribution in [1.82, 2.24) is 10.3 Å². The summed E-state index contributed by atoms with van der Waals surface area (Å²) in [6, 6.07) is 1.54. The molecule has 2 unspecified atom stereocenters. The summed E-state index contributed by atoms with van der Waals surface area (Å²) in [6.45, 7) is 2.67. The largest absolute Gasteiger partial charge is 0.506 e. The Morgan fingerprint density at radius 3 is 3.12 bits per heavy atom. The first kappa shape index (κ1) is 11.9. The fourth-order valence-electron chi connectivity index (χ4n) is 1.95. The van der Waals surface area contributed by atoms with Crippen LogP contribution in [0.15, 0.2) is 18.5 Å². The smallest absolute Gasteiger partial charge is 0.253 e. The predicted octanol–water partition coefficient (Wildman–Crippen LogP) is 1.08. The van der Waals surface area contributed by atoms with Crippen molar-refractivity contribution in [1.29, 1.82) is 0 Å². The molecular formula is C12H16N2O3. The van der Waals surface area contributed by atoms with Crippen LogP contribution in [0.4, 0.5) is 0 Å². The molecule has 1 saturated heterocycles. The number of hydrogen-bond acceptors (Lipinski definition) is 4. The van der Waals surface area contributed by atoms with E-state index in [0.29, 0.717) is 12.2 Å². The van der Waals surface area contributed by atoms with E-state index in [2.05, 4.69) is 10.3 Å². The van der Waals surface area contributed by atoms with Crippen molar-refractivity contribution in [2.75, 3.05) is 6.61 Å². The number of aromatic nitrogens is 1. The highest BCUT2D eigenvalue weighted by Crippen LogP contribution is 2.14. The van der Waals surface area contributed by atoms with Crippen LogP contribution in [0.25, 0.3) is 0 Å². The number of pyridine rings is 1. The minimum atomic E-state index is -0.201. The minimum absolute atomic E-state index is 0.00186. The van der Waals surface area contributed by atoms with Crippen LogP contribution in [0.5, 0.6) is 5.75 Å². The second-order valence-electron chi connectivity index (χ2n) is 4.31. The van der Waals surface area contributed by atoms with Crippen molar-refractivity contribution < 1.29 is 14.6 Å². The Kier molecular flexibility index (Phi) is 3.58. The van der Waals surface area contributed by atoms with Gasteiger partial charge in [0.15, 0.2) is 0 Å². The Bertz CT molecular complexity index is 408. The van der Waals surface area contributed by atoms with Gasteiger partial charge in [-0.25, -0.2) is 0 Å². The fourth-order valence-corrected chi connectivity index (χ4v) is 1.95. The highest BCUT2D eigenvalue weighted by atomic mass is 16.5. The van der Waals surface area contributed by atoms with Crippen molar-refractivity contribution in [2.24, 2.45) is 0 Å². The predicted molar refractivity (Wildman–Crippen MR) is 61.8 cm³/mol. The van der Waals surface area contributed by atoms with E-state index in [1.807, 2.05) is 6.92 Å². The Morgan fingerprint density at radius 1 is 1.59 bits per heavy atom. The van der Waals surface area contributed by atoms with Gasteiger partial charge in [0.05, 0.1) is 17.9 Å². The van der Waals surface area contributed by atoms with Crippen LogP contribution >= 0.6 is 0 Å². The van der Waals surface area contributed by atoms with Gasteiger partial charge in [0.25, 0.3) is 5.91 Å². The first-order chi connectivity index (χ1) is 8.15. The number of rotatable bonds is 2. The SMILES string of the molecule is CC1CC(NC(=O)c2cncc(O)c2)CCO1. The number of aromatic hydroxyl groups is 1. The van der Waals surface area contributed by atoms with Crippen LogP contribution in [0.3, 0.4) is 0 Å². The molecule has 1 aliphatic heterocycles. The summed E-state index contributed by atoms with van der Waals surface area (Å²) in [7, 11) is 0. The third-order valence-electron chi connectivity index (χ3n) is 2.81. The Hall–Kier alpha value is -1.62. The topological polar surface area (TPSA) is 71.5 Å². The van der Waals surface area contributed by atoms with Crippen LogP contribution in [-0.4, -0.2) is 34.8 Å². The molecule has 1 fully saturated rings. The molecule has 0 spiro atoms. The molecule has 2 heterocycles. The Labute approximate surface area is 99.8 Å². The molecule has 0 aromatic carbocycles. The van der Waals surface area contributed by atoms with E-state index >= 15 is 0 Å². The maximum atomic E-state index is 11.9. The molecule has 1 aliphatic rings. The highest BCUT2D eigenvalue weighted by Gasteiger charge is 2.21. The first-order valence-electron chi connectivity index (χ1n) is 5.71. The van der Waals surface area contributed by atoms with Gasteiger partial charge in [0, 0.05) is 18.8 Å². The lowest BCUT2D eigenvalue weighted by Gasteiger charge is -2.27. The quantitative estimate of drug-likeness (QED) is 0.806. The Balaban J connectivity index is 1.97. The molecule has 0 aliphatic carbocycles. The number of nitrogens with zero attached hydrogens (tertiary/aromatic N) is 1. The zero-order valence-corrected chi connectivity index (χ0v) is 9.72. The molecule has 2 atom stereocenters. The van der Waals surface area contributed by atoms with Crippen LogP contribution in [0, 0.1) is 0 Å². The van der Waals surface area contributed by atoms with E-state index in [4.69, 9.17) is 4.74 Å². The van der Waals surface area contributed by atoms with Crippen molar-refractivity contribution >= 4 is 5.91 Å². The number of carbonyl (C=O) groups is 1. The van der Waals surface area contributed by atoms with Gasteiger partial charge >= 0.3 is 0 Å². The van der Waals surface area contributed by atoms with Crippen molar-refractivity contribution in [2.45, 2.75) is 31.9 Å². The molecule has 1 aromatic rings. The van der Waals surface area contributed by atoms with Gasteiger partial charge in [-0.1, -0.05) is 0 Å². The second-order valence-corrected chi connectivity index (χ2v) is 4.31. The van der Waals surface area contributed by atoms with E-state index in [-0.39, 0.29) is 23.8 Å². The van der Waals surface area contributed by atoms with Crippen LogP contribution < -0.4 is 5.32 Å². The summed E-state index contributed by atoms with van der Waals surface area (Å²) in [4.78, 5) is 15.6. The summed E-state index contributed by atoms with van der Waals surface area (Å²) >= 11 is 0. The minimum Gasteiger partial charge on any atom is -0.506 e. The molecular weight excluding hydrogens is 220 g/mol. The normalized spacial score (nSPS) is 24.3. The molecule has 1 aromatic heterocycles. The van der Waals surface area contributed by atoms with Gasteiger partial charge < -0.3 is 15.2 Å². The lowest BCUT2D eigenvalue weighted by Crippen LogP contribution is -2.41. The molecule has 17 heavy (non-hydrogen) atoms. The van der Waals surface area contributed by atoms with Crippen molar-refractivity contribution in [3.05, 3.63) is 24.0 Å². The Morgan fingerprint density at radius 2 is 2.41 bits per heavy atom. The summed E-state index contributed by atoms with van der Waals surface area (Å²) < 4.78 is 5.41. The zero-order chi connectivity index (χ0) is 12.3. The van der Waals surface area contributed by atoms with Gasteiger partial charge in [-0.15, -0.1) is 0 Å². The zero-order valence-electron chi connectivity index (χ0n) is 9.72. The van der Waals surface area contributed by atoms with E-state index in [1.165, 1.54) is 18.5 Å². The van der Waals surface area contributed by atoms with E-state index < -0.39 is 0 Å². The number of carbonyl (C=O) groups excluding carboxylic acids is 1. The summed E-state index contributed by atoms with van der Waals surface area (Å²) in [5.74, 6) is -0.203. The van der Waals surface area contributed by atoms with Gasteiger partial charge in [0.2, 0.25) is 0 Å². The van der Waals surface area contributed by atoms with Crippen LogP contribution in [0.1, 0.15) is 30.1 Å². The maximum Gasteiger partial charge on any atom is 0.253 e. The molecule has 2 rings (SSSR count). The molecule has 2 N–H and O–H groups in total. The third-order valence-corrected chi connectivity index (χ3v) is 2.81. The van der Waals surface area contributed by atoms with Gasteiger partial charge in [-0.3, -0.25) is 9.78 Å². The molecule has 0 radical (unpaired) electrons. The summed E-state index contributed by atoms with van der Waals surface area (Å²) in [6.07, 6.45) is 4.56. The lowest BCUT2D eigenvalue weighted by atomic mass is 10.0. The maximum absolute atomic E-state index is 11.9. The average molecular weight is 236 g/mol. The van der Waals surface area contributed by atoms with Crippen molar-refractivity contribution in [3.63, 3.8) is 0 Å². The molecule has 92 valence electrons. The monoisotopic (exact) mass is 236 g/mol. The summed E-state index contributed by atoms with van der Waals surface area (Å²) in [5, 5.41) is 12.2. The number of nitrogens with one attached hydrogen (secondary N) is 1. The number of ether oxygens (including phenoxy) is 1. The second kappa shape index (κ2) is 5.14. The summed E-state index contributed by atoms with van der Waals surface area (Å²) in [5.41, 5.74) is 0.379. The van der Waals surface area contributed by atoms with E-state index in [9.17, 15) is 9.90 Å². The standard InChI is InChI=1S/C12H16N2O3/c1-8-4-10(2-3-17-8)14-12(16)9-5-11(15)7-13-6-9/h5-8,10,15H,2-4H2,1H3,(H,14,16). The van der Waals surface area contributed by atoms with E-state index in [0.717, 1.165) is 12.8 Å². The molecule has 5 heteroatoms. The number of hydrogen-bond donors (Lipinski definition) is 2. The first-order valence-corrected chi connectivity index (χ1v) is 5.71. The van der Waals surface area contributed by atoms with Crippen LogP contribution in [-0.2, 0) is 4.74 Å². The molecule has 0 saturated carbocycles. The van der Waals surface area contributed by atoms with Gasteiger partial charge in [0.1, 0.15) is 5.75 Å². The fraction of sp³-hybridized carbons (Fsp3) is 0.500. The van der Waals surface area contributed by atoms with Gasteiger partial charge in [-0.2, -0.15) is 0 Å².